The highest BCUT2D eigenvalue weighted by molar-refractivity contribution is 5.70. The van der Waals surface area contributed by atoms with Crippen molar-refractivity contribution in [1.29, 1.82) is 0 Å². The molecule has 0 bridgehead atoms. The van der Waals surface area contributed by atoms with Crippen LogP contribution in [0.5, 0.6) is 0 Å². The molecule has 1 fully saturated rings. The van der Waals surface area contributed by atoms with Crippen LogP contribution >= 0.6 is 0 Å². The van der Waals surface area contributed by atoms with E-state index in [1.165, 1.54) is 0 Å². The van der Waals surface area contributed by atoms with E-state index in [9.17, 15) is 4.79 Å². The second kappa shape index (κ2) is 7.85. The Morgan fingerprint density at radius 1 is 1.26 bits per heavy atom. The van der Waals surface area contributed by atoms with Crippen molar-refractivity contribution in [1.82, 2.24) is 10.2 Å². The van der Waals surface area contributed by atoms with Gasteiger partial charge in [0.25, 0.3) is 0 Å². The third kappa shape index (κ3) is 5.49. The van der Waals surface area contributed by atoms with Crippen molar-refractivity contribution >= 4 is 5.97 Å². The number of piperidine rings is 1. The van der Waals surface area contributed by atoms with E-state index in [-0.39, 0.29) is 11.6 Å². The van der Waals surface area contributed by atoms with Gasteiger partial charge in [-0.05, 0) is 52.9 Å². The Kier molecular flexibility index (Phi) is 6.80. The maximum absolute atomic E-state index is 12.0. The van der Waals surface area contributed by atoms with Crippen molar-refractivity contribution < 1.29 is 9.53 Å². The molecule has 1 rings (SSSR count). The van der Waals surface area contributed by atoms with Gasteiger partial charge >= 0.3 is 5.97 Å². The smallest absolute Gasteiger partial charge is 0.307 e. The highest BCUT2D eigenvalue weighted by Crippen LogP contribution is 2.29. The average molecular weight is 270 g/mol. The van der Waals surface area contributed by atoms with E-state index in [2.05, 4.69) is 37.9 Å². The topological polar surface area (TPSA) is 41.6 Å². The van der Waals surface area contributed by atoms with Gasteiger partial charge in [0.15, 0.2) is 0 Å². The molecule has 1 aliphatic heterocycles. The van der Waals surface area contributed by atoms with Crippen molar-refractivity contribution in [3.05, 3.63) is 0 Å². The minimum atomic E-state index is -0.331. The molecule has 0 unspecified atom stereocenters. The zero-order valence-electron chi connectivity index (χ0n) is 13.0. The summed E-state index contributed by atoms with van der Waals surface area (Å²) in [6, 6.07) is 0. The Morgan fingerprint density at radius 3 is 2.37 bits per heavy atom. The van der Waals surface area contributed by atoms with Crippen LogP contribution in [0.25, 0.3) is 0 Å². The number of rotatable bonds is 7. The monoisotopic (exact) mass is 270 g/mol. The third-order valence-corrected chi connectivity index (χ3v) is 4.23. The number of nitrogens with one attached hydrogen (secondary N) is 1. The molecule has 0 radical (unpaired) electrons. The van der Waals surface area contributed by atoms with Gasteiger partial charge in [0.2, 0.25) is 0 Å². The molecule has 4 nitrogen and oxygen atoms in total. The summed E-state index contributed by atoms with van der Waals surface area (Å²) in [6.07, 6.45) is 2.68. The summed E-state index contributed by atoms with van der Waals surface area (Å²) < 4.78 is 5.72. The highest BCUT2D eigenvalue weighted by Gasteiger charge is 2.33. The van der Waals surface area contributed by atoms with E-state index >= 15 is 0 Å². The average Bonchev–Trinajstić information content (AvgIpc) is 2.40. The van der Waals surface area contributed by atoms with Gasteiger partial charge in [0.1, 0.15) is 5.60 Å². The third-order valence-electron chi connectivity index (χ3n) is 4.23. The largest absolute Gasteiger partial charge is 0.459 e. The van der Waals surface area contributed by atoms with E-state index in [1.807, 2.05) is 0 Å². The molecule has 0 aromatic rings. The van der Waals surface area contributed by atoms with E-state index in [4.69, 9.17) is 4.74 Å². The molecular weight excluding hydrogens is 240 g/mol. The molecule has 0 atom stereocenters. The van der Waals surface area contributed by atoms with Gasteiger partial charge in [-0.2, -0.15) is 0 Å². The number of nitrogens with zero attached hydrogens (tertiary/aromatic N) is 1. The Morgan fingerprint density at radius 2 is 1.84 bits per heavy atom. The minimum Gasteiger partial charge on any atom is -0.459 e. The lowest BCUT2D eigenvalue weighted by molar-refractivity contribution is -0.163. The summed E-state index contributed by atoms with van der Waals surface area (Å²) in [5.41, 5.74) is -0.331. The standard InChI is InChI=1S/C15H30N2O2/c1-5-17(6-2)12-9-14(18)19-15(3,4)13-7-10-16-11-8-13/h13,16H,5-12H2,1-4H3. The second-order valence-corrected chi connectivity index (χ2v) is 5.88. The molecule has 0 amide bonds. The normalized spacial score (nSPS) is 17.7. The Labute approximate surface area is 117 Å². The number of esters is 1. The summed E-state index contributed by atoms with van der Waals surface area (Å²) in [6.45, 7) is 13.2. The van der Waals surface area contributed by atoms with E-state index in [0.29, 0.717) is 12.3 Å². The Hall–Kier alpha value is -0.610. The van der Waals surface area contributed by atoms with Gasteiger partial charge < -0.3 is 15.0 Å². The van der Waals surface area contributed by atoms with Crippen LogP contribution in [0.3, 0.4) is 0 Å². The predicted octanol–water partition coefficient (Wildman–Crippen LogP) is 2.04. The fourth-order valence-corrected chi connectivity index (χ4v) is 2.73. The lowest BCUT2D eigenvalue weighted by atomic mass is 9.83. The first-order chi connectivity index (χ1) is 8.99. The number of hydrogen-bond donors (Lipinski definition) is 1. The molecule has 0 saturated carbocycles. The van der Waals surface area contributed by atoms with Crippen molar-refractivity contribution in [3.8, 4) is 0 Å². The molecule has 1 saturated heterocycles. The first kappa shape index (κ1) is 16.4. The lowest BCUT2D eigenvalue weighted by Gasteiger charge is -2.36. The maximum atomic E-state index is 12.0. The Bertz CT molecular complexity index is 269. The molecule has 0 spiro atoms. The van der Waals surface area contributed by atoms with Crippen LogP contribution in [-0.2, 0) is 9.53 Å². The fourth-order valence-electron chi connectivity index (χ4n) is 2.73. The molecule has 0 aromatic carbocycles. The summed E-state index contributed by atoms with van der Waals surface area (Å²) in [7, 11) is 0. The molecule has 0 aliphatic carbocycles. The van der Waals surface area contributed by atoms with Gasteiger partial charge in [-0.25, -0.2) is 0 Å². The molecule has 112 valence electrons. The van der Waals surface area contributed by atoms with Crippen molar-refractivity contribution in [3.63, 3.8) is 0 Å². The first-order valence-corrected chi connectivity index (χ1v) is 7.64. The van der Waals surface area contributed by atoms with Gasteiger partial charge in [-0.15, -0.1) is 0 Å². The van der Waals surface area contributed by atoms with Gasteiger partial charge in [-0.3, -0.25) is 4.79 Å². The van der Waals surface area contributed by atoms with Crippen LogP contribution in [0.15, 0.2) is 0 Å². The van der Waals surface area contributed by atoms with Crippen LogP contribution in [-0.4, -0.2) is 49.2 Å². The maximum Gasteiger partial charge on any atom is 0.307 e. The van der Waals surface area contributed by atoms with Gasteiger partial charge in [0.05, 0.1) is 6.42 Å². The zero-order chi connectivity index (χ0) is 14.3. The van der Waals surface area contributed by atoms with Crippen molar-refractivity contribution in [2.24, 2.45) is 5.92 Å². The van der Waals surface area contributed by atoms with Gasteiger partial charge in [-0.1, -0.05) is 13.8 Å². The molecule has 19 heavy (non-hydrogen) atoms. The lowest BCUT2D eigenvalue weighted by Crippen LogP contribution is -2.43. The predicted molar refractivity (Wildman–Crippen MR) is 78.2 cm³/mol. The summed E-state index contributed by atoms with van der Waals surface area (Å²) in [5.74, 6) is 0.418. The van der Waals surface area contributed by atoms with E-state index in [1.54, 1.807) is 0 Å². The van der Waals surface area contributed by atoms with Crippen LogP contribution in [0.4, 0.5) is 0 Å². The summed E-state index contributed by atoms with van der Waals surface area (Å²) in [4.78, 5) is 14.2. The van der Waals surface area contributed by atoms with Crippen LogP contribution in [0.2, 0.25) is 0 Å². The van der Waals surface area contributed by atoms with E-state index < -0.39 is 0 Å². The molecule has 1 aliphatic rings. The number of hydrogen-bond acceptors (Lipinski definition) is 4. The zero-order valence-corrected chi connectivity index (χ0v) is 13.0. The highest BCUT2D eigenvalue weighted by atomic mass is 16.6. The van der Waals surface area contributed by atoms with Crippen molar-refractivity contribution in [2.75, 3.05) is 32.7 Å². The molecule has 1 N–H and O–H groups in total. The van der Waals surface area contributed by atoms with Crippen LogP contribution in [0, 0.1) is 5.92 Å². The summed E-state index contributed by atoms with van der Waals surface area (Å²) >= 11 is 0. The second-order valence-electron chi connectivity index (χ2n) is 5.88. The van der Waals surface area contributed by atoms with Gasteiger partial charge in [0, 0.05) is 12.5 Å². The molecule has 4 heteroatoms. The molecule has 1 heterocycles. The SMILES string of the molecule is CCN(CC)CCC(=O)OC(C)(C)C1CCNCC1. The van der Waals surface area contributed by atoms with Crippen LogP contribution in [0.1, 0.15) is 47.0 Å². The number of ether oxygens (including phenoxy) is 1. The van der Waals surface area contributed by atoms with Crippen LogP contribution < -0.4 is 5.32 Å². The number of carbonyl (C=O) groups is 1. The van der Waals surface area contributed by atoms with Crippen molar-refractivity contribution in [2.45, 2.75) is 52.6 Å². The first-order valence-electron chi connectivity index (χ1n) is 7.64. The number of carbonyl (C=O) groups excluding carboxylic acids is 1. The molecule has 0 aromatic heterocycles. The summed E-state index contributed by atoms with van der Waals surface area (Å²) in [5, 5.41) is 3.35. The Balaban J connectivity index is 2.37. The van der Waals surface area contributed by atoms with E-state index in [0.717, 1.165) is 45.6 Å². The fraction of sp³-hybridized carbons (Fsp3) is 0.933. The quantitative estimate of drug-likeness (QED) is 0.719. The minimum absolute atomic E-state index is 0.0598. The molecular formula is C15H30N2O2.